The Bertz CT molecular complexity index is 420. The number of benzene rings is 1. The number of nitrogens with one attached hydrogen (secondary N) is 1. The lowest BCUT2D eigenvalue weighted by molar-refractivity contribution is -0.144. The van der Waals surface area contributed by atoms with Gasteiger partial charge >= 0.3 is 5.97 Å². The van der Waals surface area contributed by atoms with Crippen LogP contribution < -0.4 is 10.1 Å². The number of hydrogen-bond donors (Lipinski definition) is 1. The summed E-state index contributed by atoms with van der Waals surface area (Å²) in [7, 11) is 3.51. The van der Waals surface area contributed by atoms with Crippen molar-refractivity contribution < 1.29 is 14.3 Å². The van der Waals surface area contributed by atoms with Crippen LogP contribution in [0.25, 0.3) is 0 Å². The summed E-state index contributed by atoms with van der Waals surface area (Å²) in [6, 6.07) is 7.85. The third-order valence-electron chi connectivity index (χ3n) is 3.22. The second-order valence-corrected chi connectivity index (χ2v) is 4.78. The topological polar surface area (TPSA) is 47.6 Å². The van der Waals surface area contributed by atoms with Crippen LogP contribution in [0.15, 0.2) is 24.3 Å². The van der Waals surface area contributed by atoms with E-state index in [0.29, 0.717) is 19.4 Å². The number of likely N-dealkylation sites (N-methyl/N-ethyl adjacent to an activating group) is 1. The second kappa shape index (κ2) is 7.14. The van der Waals surface area contributed by atoms with E-state index in [-0.39, 0.29) is 11.5 Å². The molecule has 4 nitrogen and oxygen atoms in total. The zero-order chi connectivity index (χ0) is 14.3. The first-order chi connectivity index (χ1) is 9.04. The van der Waals surface area contributed by atoms with Crippen LogP contribution in [-0.4, -0.2) is 32.3 Å². The maximum atomic E-state index is 11.7. The van der Waals surface area contributed by atoms with Crippen molar-refractivity contribution in [2.45, 2.75) is 32.2 Å². The Labute approximate surface area is 115 Å². The normalized spacial score (nSPS) is 13.7. The molecule has 1 unspecified atom stereocenters. The molecular weight excluding hydrogens is 242 g/mol. The molecule has 106 valence electrons. The van der Waals surface area contributed by atoms with Crippen molar-refractivity contribution in [1.29, 1.82) is 0 Å². The number of carbonyl (C=O) groups is 1. The highest BCUT2D eigenvalue weighted by Crippen LogP contribution is 2.24. The van der Waals surface area contributed by atoms with Gasteiger partial charge in [-0.25, -0.2) is 0 Å². The van der Waals surface area contributed by atoms with Crippen molar-refractivity contribution in [2.24, 2.45) is 0 Å². The number of hydrogen-bond acceptors (Lipinski definition) is 4. The van der Waals surface area contributed by atoms with Gasteiger partial charge in [0.25, 0.3) is 0 Å². The molecule has 4 heteroatoms. The molecule has 1 atom stereocenters. The predicted molar refractivity (Wildman–Crippen MR) is 75.4 cm³/mol. The lowest BCUT2D eigenvalue weighted by atomic mass is 9.89. The minimum absolute atomic E-state index is 0.186. The van der Waals surface area contributed by atoms with E-state index in [0.717, 1.165) is 11.3 Å². The third-order valence-corrected chi connectivity index (χ3v) is 3.22. The molecule has 0 saturated carbocycles. The number of esters is 1. The Kier molecular flexibility index (Phi) is 5.83. The monoisotopic (exact) mass is 265 g/mol. The SMILES string of the molecule is CCOC(=O)CC(C)(Cc1ccccc1OC)NC. The number of ether oxygens (including phenoxy) is 2. The Morgan fingerprint density at radius 2 is 2.05 bits per heavy atom. The summed E-state index contributed by atoms with van der Waals surface area (Å²) < 4.78 is 10.4. The molecule has 0 fully saturated rings. The lowest BCUT2D eigenvalue weighted by Gasteiger charge is -2.29. The molecule has 0 aliphatic heterocycles. The maximum absolute atomic E-state index is 11.7. The third kappa shape index (κ3) is 4.56. The highest BCUT2D eigenvalue weighted by molar-refractivity contribution is 5.71. The van der Waals surface area contributed by atoms with Gasteiger partial charge < -0.3 is 14.8 Å². The van der Waals surface area contributed by atoms with Gasteiger partial charge in [-0.15, -0.1) is 0 Å². The molecule has 1 rings (SSSR count). The van der Waals surface area contributed by atoms with Crippen molar-refractivity contribution in [3.63, 3.8) is 0 Å². The van der Waals surface area contributed by atoms with Crippen LogP contribution in [0.5, 0.6) is 5.75 Å². The van der Waals surface area contributed by atoms with Gasteiger partial charge in [0, 0.05) is 5.54 Å². The average molecular weight is 265 g/mol. The van der Waals surface area contributed by atoms with E-state index in [9.17, 15) is 4.79 Å². The van der Waals surface area contributed by atoms with Crippen molar-refractivity contribution in [3.05, 3.63) is 29.8 Å². The Morgan fingerprint density at radius 1 is 1.37 bits per heavy atom. The average Bonchev–Trinajstić information content (AvgIpc) is 2.39. The van der Waals surface area contributed by atoms with Gasteiger partial charge in [0.1, 0.15) is 5.75 Å². The molecular formula is C15H23NO3. The quantitative estimate of drug-likeness (QED) is 0.768. The maximum Gasteiger partial charge on any atom is 0.307 e. The van der Waals surface area contributed by atoms with E-state index in [1.807, 2.05) is 45.2 Å². The van der Waals surface area contributed by atoms with Gasteiger partial charge in [-0.2, -0.15) is 0 Å². The summed E-state index contributed by atoms with van der Waals surface area (Å²) in [4.78, 5) is 11.7. The minimum Gasteiger partial charge on any atom is -0.496 e. The van der Waals surface area contributed by atoms with Crippen LogP contribution in [0, 0.1) is 0 Å². The van der Waals surface area contributed by atoms with Crippen LogP contribution in [0.1, 0.15) is 25.8 Å². The van der Waals surface area contributed by atoms with E-state index in [4.69, 9.17) is 9.47 Å². The van der Waals surface area contributed by atoms with Crippen molar-refractivity contribution >= 4 is 5.97 Å². The van der Waals surface area contributed by atoms with Gasteiger partial charge in [0.15, 0.2) is 0 Å². The van der Waals surface area contributed by atoms with Gasteiger partial charge in [-0.05, 0) is 38.9 Å². The standard InChI is InChI=1S/C15H23NO3/c1-5-19-14(17)11-15(2,16-3)10-12-8-6-7-9-13(12)18-4/h6-9,16H,5,10-11H2,1-4H3. The Morgan fingerprint density at radius 3 is 2.63 bits per heavy atom. The second-order valence-electron chi connectivity index (χ2n) is 4.78. The van der Waals surface area contributed by atoms with E-state index in [2.05, 4.69) is 5.32 Å². The van der Waals surface area contributed by atoms with Crippen LogP contribution >= 0.6 is 0 Å². The molecule has 1 N–H and O–H groups in total. The number of carbonyl (C=O) groups excluding carboxylic acids is 1. The molecule has 0 spiro atoms. The smallest absolute Gasteiger partial charge is 0.307 e. The Hall–Kier alpha value is -1.55. The van der Waals surface area contributed by atoms with Gasteiger partial charge in [0.05, 0.1) is 20.1 Å². The molecule has 0 aromatic heterocycles. The number of rotatable bonds is 7. The van der Waals surface area contributed by atoms with E-state index >= 15 is 0 Å². The van der Waals surface area contributed by atoms with Gasteiger partial charge in [-0.3, -0.25) is 4.79 Å². The van der Waals surface area contributed by atoms with Crippen LogP contribution in [0.3, 0.4) is 0 Å². The fraction of sp³-hybridized carbons (Fsp3) is 0.533. The molecule has 0 bridgehead atoms. The Balaban J connectivity index is 2.82. The first-order valence-corrected chi connectivity index (χ1v) is 6.51. The molecule has 0 heterocycles. The first-order valence-electron chi connectivity index (χ1n) is 6.51. The number of para-hydroxylation sites is 1. The van der Waals surface area contributed by atoms with Crippen molar-refractivity contribution in [1.82, 2.24) is 5.32 Å². The molecule has 0 aliphatic carbocycles. The fourth-order valence-corrected chi connectivity index (χ4v) is 2.04. The van der Waals surface area contributed by atoms with Crippen molar-refractivity contribution in [3.8, 4) is 5.75 Å². The van der Waals surface area contributed by atoms with Crippen molar-refractivity contribution in [2.75, 3.05) is 20.8 Å². The van der Waals surface area contributed by atoms with Crippen LogP contribution in [-0.2, 0) is 16.0 Å². The van der Waals surface area contributed by atoms with E-state index in [1.54, 1.807) is 7.11 Å². The number of methoxy groups -OCH3 is 1. The summed E-state index contributed by atoms with van der Waals surface area (Å²) in [6.45, 7) is 4.23. The molecule has 0 amide bonds. The predicted octanol–water partition coefficient (Wildman–Crippen LogP) is 2.17. The summed E-state index contributed by atoms with van der Waals surface area (Å²) in [5.41, 5.74) is 0.729. The van der Waals surface area contributed by atoms with Crippen LogP contribution in [0.2, 0.25) is 0 Å². The molecule has 0 aliphatic rings. The van der Waals surface area contributed by atoms with Crippen LogP contribution in [0.4, 0.5) is 0 Å². The highest BCUT2D eigenvalue weighted by atomic mass is 16.5. The molecule has 19 heavy (non-hydrogen) atoms. The molecule has 1 aromatic carbocycles. The largest absolute Gasteiger partial charge is 0.496 e. The molecule has 0 saturated heterocycles. The van der Waals surface area contributed by atoms with E-state index in [1.165, 1.54) is 0 Å². The van der Waals surface area contributed by atoms with E-state index < -0.39 is 0 Å². The zero-order valence-electron chi connectivity index (χ0n) is 12.2. The zero-order valence-corrected chi connectivity index (χ0v) is 12.2. The minimum atomic E-state index is -0.346. The molecule has 0 radical (unpaired) electrons. The highest BCUT2D eigenvalue weighted by Gasteiger charge is 2.27. The summed E-state index contributed by atoms with van der Waals surface area (Å²) in [5, 5.41) is 3.21. The lowest BCUT2D eigenvalue weighted by Crippen LogP contribution is -2.44. The summed E-state index contributed by atoms with van der Waals surface area (Å²) >= 11 is 0. The van der Waals surface area contributed by atoms with Gasteiger partial charge in [-0.1, -0.05) is 18.2 Å². The summed E-state index contributed by atoms with van der Waals surface area (Å²) in [6.07, 6.45) is 1.03. The first kappa shape index (κ1) is 15.5. The summed E-state index contributed by atoms with van der Waals surface area (Å²) in [5.74, 6) is 0.655. The van der Waals surface area contributed by atoms with Gasteiger partial charge in [0.2, 0.25) is 0 Å². The molecule has 1 aromatic rings. The fourth-order valence-electron chi connectivity index (χ4n) is 2.04.